The summed E-state index contributed by atoms with van der Waals surface area (Å²) in [5.41, 5.74) is 0.318. The highest BCUT2D eigenvalue weighted by molar-refractivity contribution is 5.75. The molecule has 3 N–H and O–H groups in total. The van der Waals surface area contributed by atoms with Crippen molar-refractivity contribution < 1.29 is 9.53 Å². The van der Waals surface area contributed by atoms with Gasteiger partial charge in [0.1, 0.15) is 6.54 Å². The number of carbonyl (C=O) groups is 1. The molecule has 0 aliphatic rings. The van der Waals surface area contributed by atoms with Crippen molar-refractivity contribution in [3.8, 4) is 0 Å². The zero-order chi connectivity index (χ0) is 15.7. The van der Waals surface area contributed by atoms with Crippen molar-refractivity contribution in [3.05, 3.63) is 22.6 Å². The van der Waals surface area contributed by atoms with E-state index in [0.717, 1.165) is 11.2 Å². The summed E-state index contributed by atoms with van der Waals surface area (Å²) in [6.07, 6.45) is 1.53. The summed E-state index contributed by atoms with van der Waals surface area (Å²) in [5, 5.41) is 12.8. The minimum absolute atomic E-state index is 0.107. The van der Waals surface area contributed by atoms with Gasteiger partial charge in [-0.2, -0.15) is 5.10 Å². The lowest BCUT2D eigenvalue weighted by atomic mass is 10.3. The van der Waals surface area contributed by atoms with Crippen LogP contribution in [0.5, 0.6) is 0 Å². The van der Waals surface area contributed by atoms with E-state index in [1.165, 1.54) is 12.3 Å². The predicted molar refractivity (Wildman–Crippen MR) is 80.4 cm³/mol. The lowest BCUT2D eigenvalue weighted by Crippen LogP contribution is -2.40. The van der Waals surface area contributed by atoms with Crippen molar-refractivity contribution in [2.75, 3.05) is 39.2 Å². The molecular weight excluding hydrogens is 274 g/mol. The summed E-state index contributed by atoms with van der Waals surface area (Å²) in [5.74, 6) is -0.273. The largest absolute Gasteiger partial charge is 0.383 e. The minimum Gasteiger partial charge on any atom is -0.383 e. The highest BCUT2D eigenvalue weighted by Gasteiger charge is 2.09. The number of hydrogen-bond donors (Lipinski definition) is 3. The van der Waals surface area contributed by atoms with Crippen LogP contribution in [-0.2, 0) is 16.1 Å². The molecule has 1 amide bonds. The first kappa shape index (κ1) is 17.1. The van der Waals surface area contributed by atoms with E-state index < -0.39 is 0 Å². The van der Waals surface area contributed by atoms with E-state index in [2.05, 4.69) is 21.0 Å². The van der Waals surface area contributed by atoms with Gasteiger partial charge in [-0.25, -0.2) is 4.68 Å². The average molecular weight is 297 g/mol. The molecule has 0 radical (unpaired) electrons. The van der Waals surface area contributed by atoms with E-state index in [9.17, 15) is 9.59 Å². The summed E-state index contributed by atoms with van der Waals surface area (Å²) in [4.78, 5) is 23.6. The quantitative estimate of drug-likeness (QED) is 0.507. The minimum atomic E-state index is -0.320. The average Bonchev–Trinajstić information content (AvgIpc) is 2.42. The van der Waals surface area contributed by atoms with Gasteiger partial charge in [0, 0.05) is 32.3 Å². The van der Waals surface area contributed by atoms with Crippen LogP contribution in [0.4, 0.5) is 5.69 Å². The van der Waals surface area contributed by atoms with E-state index in [-0.39, 0.29) is 24.1 Å². The summed E-state index contributed by atoms with van der Waals surface area (Å²) in [6.45, 7) is 3.61. The van der Waals surface area contributed by atoms with Crippen LogP contribution >= 0.6 is 0 Å². The SMILES string of the molecule is CNCCNc1cnn(CC(=O)NC(C)COC)c(=O)c1. The van der Waals surface area contributed by atoms with E-state index in [1.807, 2.05) is 14.0 Å². The van der Waals surface area contributed by atoms with E-state index in [4.69, 9.17) is 4.74 Å². The van der Waals surface area contributed by atoms with Gasteiger partial charge in [-0.3, -0.25) is 9.59 Å². The molecule has 1 aromatic heterocycles. The first-order valence-corrected chi connectivity index (χ1v) is 6.80. The molecule has 0 saturated heterocycles. The maximum absolute atomic E-state index is 11.9. The predicted octanol–water partition coefficient (Wildman–Crippen LogP) is -0.974. The van der Waals surface area contributed by atoms with Crippen LogP contribution in [0.15, 0.2) is 17.1 Å². The lowest BCUT2D eigenvalue weighted by Gasteiger charge is -2.13. The molecule has 0 aliphatic carbocycles. The molecule has 118 valence electrons. The number of hydrogen-bond acceptors (Lipinski definition) is 6. The normalized spacial score (nSPS) is 12.0. The summed E-state index contributed by atoms with van der Waals surface area (Å²) < 4.78 is 6.05. The molecular formula is C13H23N5O3. The molecule has 0 fully saturated rings. The van der Waals surface area contributed by atoms with Crippen molar-refractivity contribution >= 4 is 11.6 Å². The molecule has 0 bridgehead atoms. The third-order valence-electron chi connectivity index (χ3n) is 2.69. The first-order valence-electron chi connectivity index (χ1n) is 6.80. The van der Waals surface area contributed by atoms with E-state index >= 15 is 0 Å². The van der Waals surface area contributed by atoms with Crippen LogP contribution in [0, 0.1) is 0 Å². The fourth-order valence-corrected chi connectivity index (χ4v) is 1.73. The molecule has 1 atom stereocenters. The number of anilines is 1. The molecule has 0 aliphatic heterocycles. The van der Waals surface area contributed by atoms with Gasteiger partial charge in [0.05, 0.1) is 18.5 Å². The first-order chi connectivity index (χ1) is 10.1. The number of carbonyl (C=O) groups excluding carboxylic acids is 1. The zero-order valence-corrected chi connectivity index (χ0v) is 12.7. The molecule has 1 heterocycles. The Morgan fingerprint density at radius 1 is 1.48 bits per heavy atom. The Labute approximate surface area is 123 Å². The van der Waals surface area contributed by atoms with Crippen molar-refractivity contribution in [1.29, 1.82) is 0 Å². The van der Waals surface area contributed by atoms with Gasteiger partial charge in [-0.1, -0.05) is 0 Å². The van der Waals surface area contributed by atoms with Crippen LogP contribution in [0.25, 0.3) is 0 Å². The summed E-state index contributed by atoms with van der Waals surface area (Å²) >= 11 is 0. The fraction of sp³-hybridized carbons (Fsp3) is 0.615. The van der Waals surface area contributed by atoms with Crippen molar-refractivity contribution in [3.63, 3.8) is 0 Å². The second-order valence-corrected chi connectivity index (χ2v) is 4.69. The number of ether oxygens (including phenoxy) is 1. The molecule has 8 heteroatoms. The number of amides is 1. The van der Waals surface area contributed by atoms with Crippen molar-refractivity contribution in [2.24, 2.45) is 0 Å². The van der Waals surface area contributed by atoms with Crippen LogP contribution in [-0.4, -0.2) is 55.6 Å². The molecule has 0 aromatic carbocycles. The second kappa shape index (κ2) is 9.09. The second-order valence-electron chi connectivity index (χ2n) is 4.69. The zero-order valence-electron chi connectivity index (χ0n) is 12.7. The number of methoxy groups -OCH3 is 1. The van der Waals surface area contributed by atoms with Crippen LogP contribution in [0.2, 0.25) is 0 Å². The number of rotatable bonds is 9. The Morgan fingerprint density at radius 3 is 2.86 bits per heavy atom. The number of likely N-dealkylation sites (N-methyl/N-ethyl adjacent to an activating group) is 1. The van der Waals surface area contributed by atoms with Gasteiger partial charge in [-0.15, -0.1) is 0 Å². The van der Waals surface area contributed by atoms with Gasteiger partial charge < -0.3 is 20.7 Å². The molecule has 0 saturated carbocycles. The van der Waals surface area contributed by atoms with Crippen molar-refractivity contribution in [1.82, 2.24) is 20.4 Å². The van der Waals surface area contributed by atoms with Crippen LogP contribution < -0.4 is 21.5 Å². The van der Waals surface area contributed by atoms with Gasteiger partial charge in [0.15, 0.2) is 0 Å². The maximum atomic E-state index is 11.9. The lowest BCUT2D eigenvalue weighted by molar-refractivity contribution is -0.122. The van der Waals surface area contributed by atoms with Crippen molar-refractivity contribution in [2.45, 2.75) is 19.5 Å². The summed E-state index contributed by atoms with van der Waals surface area (Å²) in [7, 11) is 3.41. The van der Waals surface area contributed by atoms with Crippen LogP contribution in [0.3, 0.4) is 0 Å². The van der Waals surface area contributed by atoms with Gasteiger partial charge in [-0.05, 0) is 14.0 Å². The summed E-state index contributed by atoms with van der Waals surface area (Å²) in [6, 6.07) is 1.31. The Hall–Kier alpha value is -1.93. The molecule has 21 heavy (non-hydrogen) atoms. The highest BCUT2D eigenvalue weighted by Crippen LogP contribution is 1.98. The number of aromatic nitrogens is 2. The third-order valence-corrected chi connectivity index (χ3v) is 2.69. The molecule has 1 rings (SSSR count). The highest BCUT2D eigenvalue weighted by atomic mass is 16.5. The third kappa shape index (κ3) is 6.37. The van der Waals surface area contributed by atoms with E-state index in [1.54, 1.807) is 7.11 Å². The van der Waals surface area contributed by atoms with E-state index in [0.29, 0.717) is 18.8 Å². The van der Waals surface area contributed by atoms with Crippen LogP contribution in [0.1, 0.15) is 6.92 Å². The number of nitrogens with zero attached hydrogens (tertiary/aromatic N) is 2. The Bertz CT molecular complexity index is 503. The molecule has 1 aromatic rings. The Kier molecular flexibility index (Phi) is 7.41. The van der Waals surface area contributed by atoms with Gasteiger partial charge in [0.25, 0.3) is 5.56 Å². The molecule has 8 nitrogen and oxygen atoms in total. The standard InChI is InChI=1S/C13H23N5O3/c1-10(9-21-3)17-12(19)8-18-13(20)6-11(7-16-18)15-5-4-14-2/h6-7,10,14-15H,4-5,8-9H2,1-3H3,(H,17,19). The fourth-order valence-electron chi connectivity index (χ4n) is 1.73. The topological polar surface area (TPSA) is 97.3 Å². The Balaban J connectivity index is 2.56. The monoisotopic (exact) mass is 297 g/mol. The van der Waals surface area contributed by atoms with Gasteiger partial charge in [0.2, 0.25) is 5.91 Å². The number of nitrogens with one attached hydrogen (secondary N) is 3. The molecule has 0 spiro atoms. The Morgan fingerprint density at radius 2 is 2.24 bits per heavy atom. The maximum Gasteiger partial charge on any atom is 0.269 e. The van der Waals surface area contributed by atoms with Gasteiger partial charge >= 0.3 is 0 Å². The smallest absolute Gasteiger partial charge is 0.269 e. The molecule has 1 unspecified atom stereocenters.